The zero-order chi connectivity index (χ0) is 24.4. The van der Waals surface area contributed by atoms with Crippen LogP contribution in [0.2, 0.25) is 0 Å². The van der Waals surface area contributed by atoms with Crippen LogP contribution in [0, 0.1) is 6.92 Å². The molecule has 1 saturated heterocycles. The van der Waals surface area contributed by atoms with Crippen LogP contribution in [0.15, 0.2) is 48.8 Å². The van der Waals surface area contributed by atoms with Gasteiger partial charge >= 0.3 is 0 Å². The van der Waals surface area contributed by atoms with Crippen molar-refractivity contribution in [2.45, 2.75) is 32.4 Å². The van der Waals surface area contributed by atoms with Crippen LogP contribution in [0.25, 0.3) is 22.3 Å². The predicted molar refractivity (Wildman–Crippen MR) is 135 cm³/mol. The molecule has 0 aliphatic carbocycles. The van der Waals surface area contributed by atoms with Gasteiger partial charge in [-0.2, -0.15) is 5.10 Å². The Hall–Kier alpha value is -3.98. The number of nitrogen functional groups attached to an aromatic ring is 1. The van der Waals surface area contributed by atoms with E-state index in [-0.39, 0.29) is 11.9 Å². The van der Waals surface area contributed by atoms with Crippen molar-refractivity contribution in [1.29, 1.82) is 0 Å². The van der Waals surface area contributed by atoms with E-state index in [1.54, 1.807) is 13.2 Å². The summed E-state index contributed by atoms with van der Waals surface area (Å²) in [5.41, 5.74) is 11.2. The van der Waals surface area contributed by atoms with E-state index in [2.05, 4.69) is 20.6 Å². The van der Waals surface area contributed by atoms with Gasteiger partial charge in [0.1, 0.15) is 23.6 Å². The Kier molecular flexibility index (Phi) is 6.33. The Morgan fingerprint density at radius 3 is 2.80 bits per heavy atom. The maximum absolute atomic E-state index is 12.7. The summed E-state index contributed by atoms with van der Waals surface area (Å²) in [7, 11) is 1.57. The zero-order valence-electron chi connectivity index (χ0n) is 19.9. The van der Waals surface area contributed by atoms with E-state index in [9.17, 15) is 4.79 Å². The summed E-state index contributed by atoms with van der Waals surface area (Å²) in [6.07, 6.45) is 3.62. The van der Waals surface area contributed by atoms with Gasteiger partial charge in [-0.1, -0.05) is 30.3 Å². The average Bonchev–Trinajstić information content (AvgIpc) is 3.29. The summed E-state index contributed by atoms with van der Waals surface area (Å²) in [5, 5.41) is 12.1. The van der Waals surface area contributed by atoms with Crippen molar-refractivity contribution in [3.8, 4) is 17.0 Å². The van der Waals surface area contributed by atoms with Crippen molar-refractivity contribution in [1.82, 2.24) is 30.4 Å². The molecule has 4 aromatic rings. The van der Waals surface area contributed by atoms with Crippen molar-refractivity contribution in [2.24, 2.45) is 0 Å². The number of carbonyl (C=O) groups excluding carboxylic acids is 1. The van der Waals surface area contributed by atoms with Crippen molar-refractivity contribution in [3.63, 3.8) is 0 Å². The molecule has 1 aliphatic rings. The van der Waals surface area contributed by atoms with Crippen LogP contribution in [0.1, 0.15) is 40.4 Å². The number of nitrogens with zero attached hydrogens (tertiary/aromatic N) is 4. The van der Waals surface area contributed by atoms with Crippen molar-refractivity contribution in [3.05, 3.63) is 65.5 Å². The lowest BCUT2D eigenvalue weighted by molar-refractivity contribution is 0.0948. The highest BCUT2D eigenvalue weighted by molar-refractivity contribution is 5.98. The molecule has 1 aliphatic heterocycles. The number of aromatic nitrogens is 4. The van der Waals surface area contributed by atoms with E-state index >= 15 is 0 Å². The number of nitrogens with two attached hydrogens (primary N) is 1. The first-order valence-electron chi connectivity index (χ1n) is 11.8. The Balaban J connectivity index is 1.37. The molecule has 180 valence electrons. The summed E-state index contributed by atoms with van der Waals surface area (Å²) in [5.74, 6) is 0.804. The molecule has 9 heteroatoms. The lowest BCUT2D eigenvalue weighted by Gasteiger charge is -2.23. The number of aryl methyl sites for hydroxylation is 1. The topological polar surface area (TPSA) is 120 Å². The third-order valence-electron chi connectivity index (χ3n) is 6.42. The second-order valence-electron chi connectivity index (χ2n) is 8.83. The SMILES string of the molecule is COc1cc(C)ccc1C(=O)NCc1ccc(-c2nn([C@@H]3CCCNC3)c3ncnc(N)c23)cc1. The molecule has 2 aromatic heterocycles. The van der Waals surface area contributed by atoms with Crippen molar-refractivity contribution < 1.29 is 9.53 Å². The Morgan fingerprint density at radius 2 is 2.06 bits per heavy atom. The second kappa shape index (κ2) is 9.71. The Bertz CT molecular complexity index is 1360. The number of fused-ring (bicyclic) bond motifs is 1. The number of carbonyl (C=O) groups is 1. The fourth-order valence-electron chi connectivity index (χ4n) is 4.54. The number of piperidine rings is 1. The highest BCUT2D eigenvalue weighted by Crippen LogP contribution is 2.33. The molecule has 0 radical (unpaired) electrons. The number of ether oxygens (including phenoxy) is 1. The summed E-state index contributed by atoms with van der Waals surface area (Å²) < 4.78 is 7.34. The molecular weight excluding hydrogens is 442 g/mol. The number of anilines is 1. The molecule has 3 heterocycles. The second-order valence-corrected chi connectivity index (χ2v) is 8.83. The number of benzene rings is 2. The van der Waals surface area contributed by atoms with Gasteiger partial charge in [-0.15, -0.1) is 0 Å². The van der Waals surface area contributed by atoms with Gasteiger partial charge in [0.05, 0.1) is 24.1 Å². The number of methoxy groups -OCH3 is 1. The number of hydrogen-bond acceptors (Lipinski definition) is 7. The summed E-state index contributed by atoms with van der Waals surface area (Å²) in [6.45, 7) is 4.23. The lowest BCUT2D eigenvalue weighted by atomic mass is 10.1. The Morgan fingerprint density at radius 1 is 1.23 bits per heavy atom. The third-order valence-corrected chi connectivity index (χ3v) is 6.42. The summed E-state index contributed by atoms with van der Waals surface area (Å²) in [6, 6.07) is 13.7. The first-order chi connectivity index (χ1) is 17.0. The fraction of sp³-hybridized carbons (Fsp3) is 0.308. The maximum atomic E-state index is 12.7. The number of nitrogens with one attached hydrogen (secondary N) is 2. The molecule has 1 atom stereocenters. The molecule has 0 bridgehead atoms. The van der Waals surface area contributed by atoms with Crippen LogP contribution in [0.4, 0.5) is 5.82 Å². The molecule has 4 N–H and O–H groups in total. The normalized spacial score (nSPS) is 15.8. The van der Waals surface area contributed by atoms with Gasteiger partial charge < -0.3 is 21.1 Å². The third kappa shape index (κ3) is 4.54. The molecule has 1 fully saturated rings. The summed E-state index contributed by atoms with van der Waals surface area (Å²) >= 11 is 0. The minimum Gasteiger partial charge on any atom is -0.496 e. The van der Waals surface area contributed by atoms with Crippen LogP contribution in [0.3, 0.4) is 0 Å². The highest BCUT2D eigenvalue weighted by Gasteiger charge is 2.23. The maximum Gasteiger partial charge on any atom is 0.255 e. The summed E-state index contributed by atoms with van der Waals surface area (Å²) in [4.78, 5) is 21.4. The predicted octanol–water partition coefficient (Wildman–Crippen LogP) is 3.25. The van der Waals surface area contributed by atoms with Crippen molar-refractivity contribution >= 4 is 22.8 Å². The first-order valence-corrected chi connectivity index (χ1v) is 11.8. The van der Waals surface area contributed by atoms with Crippen LogP contribution in [-0.4, -0.2) is 45.9 Å². The van der Waals surface area contributed by atoms with Crippen LogP contribution >= 0.6 is 0 Å². The van der Waals surface area contributed by atoms with Gasteiger partial charge in [0.25, 0.3) is 5.91 Å². The first kappa shape index (κ1) is 22.8. The molecule has 2 aromatic carbocycles. The van der Waals surface area contributed by atoms with Gasteiger partial charge in [0.15, 0.2) is 5.65 Å². The smallest absolute Gasteiger partial charge is 0.255 e. The minimum atomic E-state index is -0.179. The van der Waals surface area contributed by atoms with Crippen LogP contribution in [0.5, 0.6) is 5.75 Å². The van der Waals surface area contributed by atoms with Crippen LogP contribution < -0.4 is 21.1 Å². The number of rotatable bonds is 6. The van der Waals surface area contributed by atoms with Gasteiger partial charge in [-0.25, -0.2) is 14.6 Å². The lowest BCUT2D eigenvalue weighted by Crippen LogP contribution is -2.32. The fourth-order valence-corrected chi connectivity index (χ4v) is 4.54. The molecule has 5 rings (SSSR count). The average molecular weight is 472 g/mol. The quantitative estimate of drug-likeness (QED) is 0.395. The highest BCUT2D eigenvalue weighted by atomic mass is 16.5. The van der Waals surface area contributed by atoms with Gasteiger partial charge in [-0.3, -0.25) is 4.79 Å². The van der Waals surface area contributed by atoms with E-state index in [0.717, 1.165) is 59.3 Å². The Labute approximate surface area is 203 Å². The van der Waals surface area contributed by atoms with E-state index in [0.29, 0.717) is 23.7 Å². The molecule has 9 nitrogen and oxygen atoms in total. The van der Waals surface area contributed by atoms with E-state index in [1.165, 1.54) is 6.33 Å². The molecule has 0 spiro atoms. The van der Waals surface area contributed by atoms with Gasteiger partial charge in [0, 0.05) is 18.7 Å². The molecule has 0 saturated carbocycles. The van der Waals surface area contributed by atoms with Gasteiger partial charge in [-0.05, 0) is 49.6 Å². The van der Waals surface area contributed by atoms with Crippen molar-refractivity contribution in [2.75, 3.05) is 25.9 Å². The largest absolute Gasteiger partial charge is 0.496 e. The molecule has 35 heavy (non-hydrogen) atoms. The monoisotopic (exact) mass is 471 g/mol. The van der Waals surface area contributed by atoms with E-state index in [1.807, 2.05) is 48.0 Å². The zero-order valence-corrected chi connectivity index (χ0v) is 19.9. The van der Waals surface area contributed by atoms with E-state index < -0.39 is 0 Å². The van der Waals surface area contributed by atoms with Crippen LogP contribution in [-0.2, 0) is 6.54 Å². The number of amides is 1. The van der Waals surface area contributed by atoms with Gasteiger partial charge in [0.2, 0.25) is 0 Å². The number of hydrogen-bond donors (Lipinski definition) is 3. The van der Waals surface area contributed by atoms with E-state index in [4.69, 9.17) is 15.6 Å². The minimum absolute atomic E-state index is 0.179. The molecule has 0 unspecified atom stereocenters. The molecular formula is C26H29N7O2. The standard InChI is InChI=1S/C26H29N7O2/c1-16-5-10-20(21(12-16)35-2)26(34)29-13-17-6-8-18(9-7-17)23-22-24(27)30-15-31-25(22)33(32-23)19-4-3-11-28-14-19/h5-10,12,15,19,28H,3-4,11,13-14H2,1-2H3,(H,29,34)(H2,27,30,31)/t19-/m1/s1. The molecule has 1 amide bonds.